The van der Waals surface area contributed by atoms with Gasteiger partial charge in [-0.3, -0.25) is 13.9 Å². The van der Waals surface area contributed by atoms with Crippen molar-refractivity contribution in [3.63, 3.8) is 0 Å². The van der Waals surface area contributed by atoms with Crippen LogP contribution in [0, 0.1) is 18.3 Å². The first-order valence-corrected chi connectivity index (χ1v) is 11.2. The van der Waals surface area contributed by atoms with E-state index in [0.29, 0.717) is 23.1 Å². The van der Waals surface area contributed by atoms with Crippen LogP contribution in [0.1, 0.15) is 42.3 Å². The molecule has 0 aliphatic carbocycles. The summed E-state index contributed by atoms with van der Waals surface area (Å²) < 4.78 is 11.3. The molecule has 34 heavy (non-hydrogen) atoms. The van der Waals surface area contributed by atoms with Gasteiger partial charge in [0.1, 0.15) is 6.10 Å². The molecule has 2 aromatic heterocycles. The van der Waals surface area contributed by atoms with Gasteiger partial charge in [-0.15, -0.1) is 0 Å². The zero-order valence-corrected chi connectivity index (χ0v) is 19.9. The van der Waals surface area contributed by atoms with Gasteiger partial charge in [-0.1, -0.05) is 35.9 Å². The average molecular weight is 455 g/mol. The molecule has 1 aliphatic heterocycles. The van der Waals surface area contributed by atoms with E-state index in [0.717, 1.165) is 32.6 Å². The minimum Gasteiger partial charge on any atom is -0.365 e. The molecule has 0 unspecified atom stereocenters. The maximum absolute atomic E-state index is 13.6. The predicted molar refractivity (Wildman–Crippen MR) is 131 cm³/mol. The molecule has 3 heterocycles. The Hall–Kier alpha value is -3.89. The number of aryl methyl sites for hydroxylation is 2. The highest BCUT2D eigenvalue weighted by Crippen LogP contribution is 2.45. The van der Waals surface area contributed by atoms with E-state index in [1.54, 1.807) is 23.7 Å². The lowest BCUT2D eigenvalue weighted by Gasteiger charge is -2.39. The first-order valence-electron chi connectivity index (χ1n) is 11.2. The van der Waals surface area contributed by atoms with Crippen LogP contribution in [-0.2, 0) is 24.4 Å². The highest BCUT2D eigenvalue weighted by atomic mass is 16.5. The van der Waals surface area contributed by atoms with Crippen molar-refractivity contribution in [2.24, 2.45) is 14.1 Å². The van der Waals surface area contributed by atoms with Gasteiger partial charge in [-0.25, -0.2) is 4.79 Å². The maximum Gasteiger partial charge on any atom is 0.331 e. The summed E-state index contributed by atoms with van der Waals surface area (Å²) in [7, 11) is 3.21. The first kappa shape index (κ1) is 21.9. The molecule has 0 saturated heterocycles. The molecule has 0 spiro atoms. The van der Waals surface area contributed by atoms with Gasteiger partial charge in [0, 0.05) is 14.1 Å². The van der Waals surface area contributed by atoms with E-state index in [4.69, 9.17) is 4.74 Å². The van der Waals surface area contributed by atoms with Crippen LogP contribution in [0.4, 0.5) is 0 Å². The van der Waals surface area contributed by atoms with Crippen LogP contribution in [0.15, 0.2) is 58.1 Å². The molecule has 1 aliphatic rings. The van der Waals surface area contributed by atoms with E-state index in [1.165, 1.54) is 7.05 Å². The van der Waals surface area contributed by atoms with E-state index in [9.17, 15) is 14.9 Å². The SMILES string of the molecule is Cc1cccc(-c2c3c(=O)n(C)c(=O)n(C)c3c3n2C(C)(C)CO[C@H]3c2ccc(C#N)cc2)c1. The van der Waals surface area contributed by atoms with E-state index < -0.39 is 11.6 Å². The number of rotatable bonds is 2. The fraction of sp³-hybridized carbons (Fsp3) is 0.296. The zero-order valence-electron chi connectivity index (χ0n) is 19.9. The van der Waals surface area contributed by atoms with Crippen LogP contribution in [0.3, 0.4) is 0 Å². The quantitative estimate of drug-likeness (QED) is 0.462. The Morgan fingerprint density at radius 2 is 1.76 bits per heavy atom. The summed E-state index contributed by atoms with van der Waals surface area (Å²) in [5.41, 5.74) is 4.36. The Morgan fingerprint density at radius 3 is 2.41 bits per heavy atom. The topological polar surface area (TPSA) is 81.9 Å². The molecule has 7 heteroatoms. The largest absolute Gasteiger partial charge is 0.365 e. The van der Waals surface area contributed by atoms with Crippen molar-refractivity contribution in [1.82, 2.24) is 13.7 Å². The number of hydrogen-bond acceptors (Lipinski definition) is 4. The summed E-state index contributed by atoms with van der Waals surface area (Å²) in [6, 6.07) is 17.5. The number of ether oxygens (including phenoxy) is 1. The third-order valence-electron chi connectivity index (χ3n) is 6.70. The zero-order chi connectivity index (χ0) is 24.4. The molecule has 0 N–H and O–H groups in total. The van der Waals surface area contributed by atoms with Crippen molar-refractivity contribution in [2.45, 2.75) is 32.4 Å². The maximum atomic E-state index is 13.6. The predicted octanol–water partition coefficient (Wildman–Crippen LogP) is 3.74. The lowest BCUT2D eigenvalue weighted by Crippen LogP contribution is -2.40. The van der Waals surface area contributed by atoms with E-state index in [2.05, 4.69) is 30.6 Å². The molecular weight excluding hydrogens is 428 g/mol. The lowest BCUT2D eigenvalue weighted by molar-refractivity contribution is -0.00707. The minimum absolute atomic E-state index is 0.328. The van der Waals surface area contributed by atoms with Gasteiger partial charge in [0.2, 0.25) is 0 Å². The van der Waals surface area contributed by atoms with Crippen molar-refractivity contribution in [3.05, 3.63) is 91.8 Å². The molecular formula is C27H26N4O3. The molecule has 0 fully saturated rings. The molecule has 0 bridgehead atoms. The number of benzene rings is 2. The van der Waals surface area contributed by atoms with Gasteiger partial charge >= 0.3 is 5.69 Å². The third kappa shape index (κ3) is 3.06. The summed E-state index contributed by atoms with van der Waals surface area (Å²) in [6.07, 6.45) is -0.500. The Labute approximate surface area is 197 Å². The first-order chi connectivity index (χ1) is 16.2. The molecule has 2 aromatic carbocycles. The van der Waals surface area contributed by atoms with E-state index in [-0.39, 0.29) is 11.2 Å². The number of nitriles is 1. The van der Waals surface area contributed by atoms with Gasteiger partial charge in [0.05, 0.1) is 46.1 Å². The van der Waals surface area contributed by atoms with Crippen molar-refractivity contribution in [1.29, 1.82) is 5.26 Å². The molecule has 0 radical (unpaired) electrons. The number of fused-ring (bicyclic) bond motifs is 3. The smallest absolute Gasteiger partial charge is 0.331 e. The van der Waals surface area contributed by atoms with Gasteiger partial charge in [-0.2, -0.15) is 5.26 Å². The second kappa shape index (κ2) is 7.57. The summed E-state index contributed by atoms with van der Waals surface area (Å²) in [5, 5.41) is 9.72. The van der Waals surface area contributed by atoms with Crippen LogP contribution in [0.2, 0.25) is 0 Å². The van der Waals surface area contributed by atoms with Crippen LogP contribution >= 0.6 is 0 Å². The Morgan fingerprint density at radius 1 is 1.06 bits per heavy atom. The number of hydrogen-bond donors (Lipinski definition) is 0. The van der Waals surface area contributed by atoms with Crippen LogP contribution in [-0.4, -0.2) is 20.3 Å². The monoisotopic (exact) mass is 454 g/mol. The number of nitrogens with zero attached hydrogens (tertiary/aromatic N) is 4. The average Bonchev–Trinajstić information content (AvgIpc) is 3.19. The molecule has 0 amide bonds. The molecule has 172 valence electrons. The Kier molecular flexibility index (Phi) is 4.88. The van der Waals surface area contributed by atoms with E-state index in [1.807, 2.05) is 37.3 Å². The third-order valence-corrected chi connectivity index (χ3v) is 6.70. The highest BCUT2D eigenvalue weighted by molar-refractivity contribution is 5.97. The summed E-state index contributed by atoms with van der Waals surface area (Å²) in [5.74, 6) is 0. The lowest BCUT2D eigenvalue weighted by atomic mass is 9.97. The standard InChI is InChI=1S/C27H26N4O3/c1-16-7-6-8-19(13-16)21-20-22(29(4)26(33)30(5)25(20)32)23-24(34-15-27(2,3)31(21)23)18-11-9-17(14-28)10-12-18/h6-13,24H,15H2,1-5H3/t24-/m0/s1. The van der Waals surface area contributed by atoms with Crippen molar-refractivity contribution in [2.75, 3.05) is 6.61 Å². The van der Waals surface area contributed by atoms with Crippen LogP contribution in [0.25, 0.3) is 22.2 Å². The number of aromatic nitrogens is 3. The van der Waals surface area contributed by atoms with Gasteiger partial charge in [-0.05, 0) is 50.1 Å². The molecule has 4 aromatic rings. The van der Waals surface area contributed by atoms with Gasteiger partial charge in [0.25, 0.3) is 5.56 Å². The summed E-state index contributed by atoms with van der Waals surface area (Å²) in [6.45, 7) is 6.59. The van der Waals surface area contributed by atoms with Crippen molar-refractivity contribution >= 4 is 10.9 Å². The molecule has 7 nitrogen and oxygen atoms in total. The van der Waals surface area contributed by atoms with Gasteiger partial charge in [0.15, 0.2) is 0 Å². The van der Waals surface area contributed by atoms with Crippen LogP contribution < -0.4 is 11.2 Å². The Balaban J connectivity index is 1.99. The van der Waals surface area contributed by atoms with Crippen molar-refractivity contribution in [3.8, 4) is 17.3 Å². The minimum atomic E-state index is -0.500. The second-order valence-corrected chi connectivity index (χ2v) is 9.61. The fourth-order valence-corrected chi connectivity index (χ4v) is 5.05. The summed E-state index contributed by atoms with van der Waals surface area (Å²) in [4.78, 5) is 26.6. The molecule has 0 saturated carbocycles. The van der Waals surface area contributed by atoms with Crippen molar-refractivity contribution < 1.29 is 4.74 Å². The normalized spacial score (nSPS) is 16.9. The Bertz CT molecular complexity index is 1610. The van der Waals surface area contributed by atoms with Crippen LogP contribution in [0.5, 0.6) is 0 Å². The highest BCUT2D eigenvalue weighted by Gasteiger charge is 2.40. The van der Waals surface area contributed by atoms with Gasteiger partial charge < -0.3 is 9.30 Å². The molecule has 1 atom stereocenters. The summed E-state index contributed by atoms with van der Waals surface area (Å²) >= 11 is 0. The van der Waals surface area contributed by atoms with E-state index >= 15 is 0 Å². The second-order valence-electron chi connectivity index (χ2n) is 9.61. The molecule has 5 rings (SSSR count). The fourth-order valence-electron chi connectivity index (χ4n) is 5.05.